The predicted molar refractivity (Wildman–Crippen MR) is 74.4 cm³/mol. The molecule has 0 aromatic carbocycles. The number of nitrogen functional groups attached to an aromatic ring is 1. The Morgan fingerprint density at radius 3 is 2.67 bits per heavy atom. The minimum atomic E-state index is 0.698. The van der Waals surface area contributed by atoms with Crippen LogP contribution < -0.4 is 16.2 Å². The third-order valence-corrected chi connectivity index (χ3v) is 3.63. The second-order valence-electron chi connectivity index (χ2n) is 4.86. The van der Waals surface area contributed by atoms with E-state index in [0.717, 1.165) is 37.1 Å². The molecule has 1 fully saturated rings. The van der Waals surface area contributed by atoms with Crippen molar-refractivity contribution in [2.45, 2.75) is 39.5 Å². The number of nitrogens with two attached hydrogens (primary N) is 1. The first kappa shape index (κ1) is 13.1. The van der Waals surface area contributed by atoms with Crippen molar-refractivity contribution in [3.05, 3.63) is 11.9 Å². The highest BCUT2D eigenvalue weighted by Crippen LogP contribution is 2.28. The summed E-state index contributed by atoms with van der Waals surface area (Å²) < 4.78 is 0. The molecule has 1 heterocycles. The monoisotopic (exact) mass is 249 g/mol. The molecule has 1 saturated carbocycles. The summed E-state index contributed by atoms with van der Waals surface area (Å²) in [5.41, 5.74) is 2.62. The minimum absolute atomic E-state index is 0.698. The van der Waals surface area contributed by atoms with E-state index in [0.29, 0.717) is 5.82 Å². The lowest BCUT2D eigenvalue weighted by Crippen LogP contribution is -2.33. The summed E-state index contributed by atoms with van der Waals surface area (Å²) in [6.45, 7) is 6.30. The van der Waals surface area contributed by atoms with E-state index in [1.807, 2.05) is 6.07 Å². The summed E-state index contributed by atoms with van der Waals surface area (Å²) in [6, 6.07) is 1.93. The molecule has 5 nitrogen and oxygen atoms in total. The molecule has 0 unspecified atom stereocenters. The largest absolute Gasteiger partial charge is 0.356 e. The van der Waals surface area contributed by atoms with Gasteiger partial charge in [-0.05, 0) is 25.7 Å². The summed E-state index contributed by atoms with van der Waals surface area (Å²) in [5.74, 6) is 8.82. The van der Waals surface area contributed by atoms with Gasteiger partial charge in [-0.2, -0.15) is 0 Å². The van der Waals surface area contributed by atoms with Gasteiger partial charge in [-0.25, -0.2) is 15.8 Å². The van der Waals surface area contributed by atoms with Crippen LogP contribution in [0.4, 0.5) is 11.6 Å². The van der Waals surface area contributed by atoms with Crippen molar-refractivity contribution in [3.63, 3.8) is 0 Å². The van der Waals surface area contributed by atoms with Crippen molar-refractivity contribution >= 4 is 11.6 Å². The average Bonchev–Trinajstić information content (AvgIpc) is 2.37. The molecule has 100 valence electrons. The number of hydrazine groups is 1. The zero-order chi connectivity index (χ0) is 13.0. The summed E-state index contributed by atoms with van der Waals surface area (Å²) in [6.07, 6.45) is 4.90. The Kier molecular flexibility index (Phi) is 4.36. The Balaban J connectivity index is 2.16. The highest BCUT2D eigenvalue weighted by atomic mass is 15.3. The van der Waals surface area contributed by atoms with Crippen molar-refractivity contribution in [2.75, 3.05) is 23.4 Å². The van der Waals surface area contributed by atoms with Crippen molar-refractivity contribution < 1.29 is 0 Å². The van der Waals surface area contributed by atoms with Crippen LogP contribution in [0.1, 0.15) is 38.9 Å². The van der Waals surface area contributed by atoms with Gasteiger partial charge in [0.05, 0.1) is 0 Å². The number of aryl methyl sites for hydroxylation is 1. The molecule has 0 radical (unpaired) electrons. The van der Waals surface area contributed by atoms with Crippen LogP contribution in [0.5, 0.6) is 0 Å². The van der Waals surface area contributed by atoms with E-state index in [-0.39, 0.29) is 0 Å². The molecule has 0 aliphatic heterocycles. The van der Waals surface area contributed by atoms with E-state index in [4.69, 9.17) is 5.84 Å². The van der Waals surface area contributed by atoms with Gasteiger partial charge in [0.25, 0.3) is 0 Å². The SMILES string of the molecule is CCc1nc(NN)cc(N(CC)CC2CCC2)n1. The quantitative estimate of drug-likeness (QED) is 0.596. The fourth-order valence-corrected chi connectivity index (χ4v) is 2.25. The Labute approximate surface area is 109 Å². The van der Waals surface area contributed by atoms with E-state index in [1.165, 1.54) is 19.3 Å². The highest BCUT2D eigenvalue weighted by molar-refractivity contribution is 5.49. The molecule has 0 bridgehead atoms. The molecular formula is C13H23N5. The average molecular weight is 249 g/mol. The molecule has 0 atom stereocenters. The molecule has 0 saturated heterocycles. The number of nitrogens with one attached hydrogen (secondary N) is 1. The second kappa shape index (κ2) is 6.00. The summed E-state index contributed by atoms with van der Waals surface area (Å²) in [7, 11) is 0. The van der Waals surface area contributed by atoms with Crippen LogP contribution in [0, 0.1) is 5.92 Å². The van der Waals surface area contributed by atoms with Gasteiger partial charge in [0.15, 0.2) is 0 Å². The second-order valence-corrected chi connectivity index (χ2v) is 4.86. The van der Waals surface area contributed by atoms with Crippen molar-refractivity contribution in [1.82, 2.24) is 9.97 Å². The van der Waals surface area contributed by atoms with Crippen molar-refractivity contribution in [1.29, 1.82) is 0 Å². The fraction of sp³-hybridized carbons (Fsp3) is 0.692. The third kappa shape index (κ3) is 2.90. The van der Waals surface area contributed by atoms with Gasteiger partial charge >= 0.3 is 0 Å². The maximum Gasteiger partial charge on any atom is 0.145 e. The van der Waals surface area contributed by atoms with Crippen LogP contribution in [0.2, 0.25) is 0 Å². The van der Waals surface area contributed by atoms with E-state index >= 15 is 0 Å². The molecule has 3 N–H and O–H groups in total. The predicted octanol–water partition coefficient (Wildman–Crippen LogP) is 1.95. The lowest BCUT2D eigenvalue weighted by atomic mass is 9.85. The first-order valence-electron chi connectivity index (χ1n) is 6.86. The number of hydrogen-bond acceptors (Lipinski definition) is 5. The molecular weight excluding hydrogens is 226 g/mol. The van der Waals surface area contributed by atoms with E-state index < -0.39 is 0 Å². The zero-order valence-electron chi connectivity index (χ0n) is 11.3. The lowest BCUT2D eigenvalue weighted by Gasteiger charge is -2.32. The molecule has 0 amide bonds. The number of hydrogen-bond donors (Lipinski definition) is 2. The van der Waals surface area contributed by atoms with Crippen LogP contribution in [-0.4, -0.2) is 23.1 Å². The van der Waals surface area contributed by atoms with Gasteiger partial charge in [-0.15, -0.1) is 0 Å². The number of rotatable bonds is 6. The topological polar surface area (TPSA) is 67.1 Å². The number of anilines is 2. The third-order valence-electron chi connectivity index (χ3n) is 3.63. The molecule has 18 heavy (non-hydrogen) atoms. The van der Waals surface area contributed by atoms with Gasteiger partial charge in [0, 0.05) is 25.6 Å². The zero-order valence-corrected chi connectivity index (χ0v) is 11.3. The first-order valence-corrected chi connectivity index (χ1v) is 6.86. The molecule has 2 rings (SSSR count). The number of aromatic nitrogens is 2. The van der Waals surface area contributed by atoms with Gasteiger partial charge in [-0.3, -0.25) is 0 Å². The van der Waals surface area contributed by atoms with E-state index in [1.54, 1.807) is 0 Å². The minimum Gasteiger partial charge on any atom is -0.356 e. The molecule has 5 heteroatoms. The Hall–Kier alpha value is -1.36. The smallest absolute Gasteiger partial charge is 0.145 e. The Morgan fingerprint density at radius 2 is 2.17 bits per heavy atom. The molecule has 1 aliphatic carbocycles. The summed E-state index contributed by atoms with van der Waals surface area (Å²) >= 11 is 0. The molecule has 0 spiro atoms. The van der Waals surface area contributed by atoms with Crippen LogP contribution in [0.3, 0.4) is 0 Å². The highest BCUT2D eigenvalue weighted by Gasteiger charge is 2.21. The van der Waals surface area contributed by atoms with Crippen LogP contribution >= 0.6 is 0 Å². The van der Waals surface area contributed by atoms with Crippen LogP contribution in [0.25, 0.3) is 0 Å². The maximum atomic E-state index is 5.46. The molecule has 1 aromatic heterocycles. The molecule has 1 aromatic rings. The fourth-order valence-electron chi connectivity index (χ4n) is 2.25. The van der Waals surface area contributed by atoms with Gasteiger partial charge in [0.1, 0.15) is 17.5 Å². The van der Waals surface area contributed by atoms with Crippen molar-refractivity contribution in [3.8, 4) is 0 Å². The lowest BCUT2D eigenvalue weighted by molar-refractivity contribution is 0.318. The summed E-state index contributed by atoms with van der Waals surface area (Å²) in [4.78, 5) is 11.3. The van der Waals surface area contributed by atoms with Crippen molar-refractivity contribution in [2.24, 2.45) is 11.8 Å². The number of nitrogens with zero attached hydrogens (tertiary/aromatic N) is 3. The van der Waals surface area contributed by atoms with Crippen LogP contribution in [-0.2, 0) is 6.42 Å². The first-order chi connectivity index (χ1) is 8.76. The molecule has 1 aliphatic rings. The van der Waals surface area contributed by atoms with Gasteiger partial charge in [-0.1, -0.05) is 13.3 Å². The standard InChI is InChI=1S/C13H23N5/c1-3-11-15-12(17-14)8-13(16-11)18(4-2)9-10-6-5-7-10/h8,10H,3-7,9,14H2,1-2H3,(H,15,16,17). The van der Waals surface area contributed by atoms with E-state index in [9.17, 15) is 0 Å². The maximum absolute atomic E-state index is 5.46. The Morgan fingerprint density at radius 1 is 1.39 bits per heavy atom. The van der Waals surface area contributed by atoms with Gasteiger partial charge in [0.2, 0.25) is 0 Å². The Bertz CT molecular complexity index is 367. The van der Waals surface area contributed by atoms with Crippen LogP contribution in [0.15, 0.2) is 6.07 Å². The van der Waals surface area contributed by atoms with Gasteiger partial charge < -0.3 is 10.3 Å². The summed E-state index contributed by atoms with van der Waals surface area (Å²) in [5, 5.41) is 0. The van der Waals surface area contributed by atoms with E-state index in [2.05, 4.69) is 34.1 Å². The normalized spacial score (nSPS) is 15.3.